The number of aliphatic hydroxyl groups is 1. The summed E-state index contributed by atoms with van der Waals surface area (Å²) in [6.45, 7) is 4.89. The van der Waals surface area contributed by atoms with Crippen molar-refractivity contribution >= 4 is 11.8 Å². The minimum absolute atomic E-state index is 0.490. The highest BCUT2D eigenvalue weighted by Gasteiger charge is 2.25. The number of hydrogen-bond acceptors (Lipinski definition) is 3. The zero-order chi connectivity index (χ0) is 12.0. The average Bonchev–Trinajstić information content (AvgIpc) is 2.36. The lowest BCUT2D eigenvalue weighted by molar-refractivity contribution is 0.0287. The molecule has 1 fully saturated rings. The Bertz CT molecular complexity index is 186. The van der Waals surface area contributed by atoms with Gasteiger partial charge in [-0.2, -0.15) is 11.8 Å². The van der Waals surface area contributed by atoms with Crippen LogP contribution in [0.25, 0.3) is 0 Å². The van der Waals surface area contributed by atoms with Crippen LogP contribution < -0.4 is 5.32 Å². The summed E-state index contributed by atoms with van der Waals surface area (Å²) in [5.41, 5.74) is -0.490. The van der Waals surface area contributed by atoms with Gasteiger partial charge < -0.3 is 10.4 Å². The first-order chi connectivity index (χ1) is 7.63. The van der Waals surface area contributed by atoms with E-state index in [1.54, 1.807) is 0 Å². The van der Waals surface area contributed by atoms with Gasteiger partial charge in [0.2, 0.25) is 0 Å². The highest BCUT2D eigenvalue weighted by atomic mass is 32.2. The third-order valence-corrected chi connectivity index (χ3v) is 5.18. The molecule has 0 aromatic rings. The topological polar surface area (TPSA) is 32.3 Å². The molecule has 0 saturated heterocycles. The fourth-order valence-corrected chi connectivity index (χ4v) is 3.08. The smallest absolute Gasteiger partial charge is 0.0766 e. The van der Waals surface area contributed by atoms with Crippen LogP contribution >= 0.6 is 11.8 Å². The maximum Gasteiger partial charge on any atom is 0.0766 e. The van der Waals surface area contributed by atoms with Crippen molar-refractivity contribution in [2.24, 2.45) is 0 Å². The summed E-state index contributed by atoms with van der Waals surface area (Å²) >= 11 is 2.00. The van der Waals surface area contributed by atoms with Gasteiger partial charge in [-0.3, -0.25) is 0 Å². The molecule has 0 amide bonds. The van der Waals surface area contributed by atoms with Gasteiger partial charge in [0.05, 0.1) is 5.60 Å². The van der Waals surface area contributed by atoms with Gasteiger partial charge in [0.1, 0.15) is 0 Å². The second-order valence-electron chi connectivity index (χ2n) is 5.02. The minimum atomic E-state index is -0.490. The maximum absolute atomic E-state index is 10.2. The first-order valence-electron chi connectivity index (χ1n) is 6.62. The molecule has 1 rings (SSSR count). The Kier molecular flexibility index (Phi) is 6.16. The second-order valence-corrected chi connectivity index (χ2v) is 6.16. The molecular weight excluding hydrogens is 218 g/mol. The van der Waals surface area contributed by atoms with Gasteiger partial charge in [0.15, 0.2) is 0 Å². The monoisotopic (exact) mass is 245 g/mol. The number of hydrogen-bond donors (Lipinski definition) is 2. The second kappa shape index (κ2) is 6.87. The highest BCUT2D eigenvalue weighted by Crippen LogP contribution is 2.27. The normalized spacial score (nSPS) is 27.0. The Morgan fingerprint density at radius 2 is 1.75 bits per heavy atom. The molecule has 1 aliphatic carbocycles. The van der Waals surface area contributed by atoms with E-state index in [9.17, 15) is 5.11 Å². The van der Waals surface area contributed by atoms with Crippen LogP contribution in [-0.4, -0.2) is 34.8 Å². The van der Waals surface area contributed by atoms with Crippen molar-refractivity contribution in [2.45, 2.75) is 69.3 Å². The molecule has 3 heteroatoms. The fraction of sp³-hybridized carbons (Fsp3) is 1.00. The lowest BCUT2D eigenvalue weighted by Gasteiger charge is -2.32. The van der Waals surface area contributed by atoms with E-state index in [0.717, 1.165) is 24.6 Å². The van der Waals surface area contributed by atoms with Crippen LogP contribution in [0, 0.1) is 0 Å². The molecule has 16 heavy (non-hydrogen) atoms. The maximum atomic E-state index is 10.2. The largest absolute Gasteiger partial charge is 0.389 e. The van der Waals surface area contributed by atoms with Crippen molar-refractivity contribution < 1.29 is 5.11 Å². The van der Waals surface area contributed by atoms with Crippen LogP contribution in [0.2, 0.25) is 0 Å². The van der Waals surface area contributed by atoms with E-state index in [-0.39, 0.29) is 0 Å². The van der Waals surface area contributed by atoms with E-state index < -0.39 is 5.60 Å². The lowest BCUT2D eigenvalue weighted by Crippen LogP contribution is -2.45. The summed E-state index contributed by atoms with van der Waals surface area (Å²) < 4.78 is 0. The highest BCUT2D eigenvalue weighted by molar-refractivity contribution is 7.99. The van der Waals surface area contributed by atoms with Gasteiger partial charge in [-0.1, -0.05) is 13.8 Å². The Labute approximate surface area is 105 Å². The van der Waals surface area contributed by atoms with E-state index in [1.807, 2.05) is 11.8 Å². The summed E-state index contributed by atoms with van der Waals surface area (Å²) in [6, 6.07) is 0.632. The van der Waals surface area contributed by atoms with Gasteiger partial charge in [0.25, 0.3) is 0 Å². The predicted molar refractivity (Wildman–Crippen MR) is 73.1 cm³/mol. The Morgan fingerprint density at radius 3 is 2.19 bits per heavy atom. The molecule has 1 aliphatic rings. The zero-order valence-corrected chi connectivity index (χ0v) is 11.8. The number of rotatable bonds is 6. The van der Waals surface area contributed by atoms with Gasteiger partial charge in [0, 0.05) is 17.8 Å². The van der Waals surface area contributed by atoms with E-state index in [1.165, 1.54) is 25.7 Å². The Balaban J connectivity index is 2.24. The zero-order valence-electron chi connectivity index (χ0n) is 11.0. The molecule has 0 bridgehead atoms. The van der Waals surface area contributed by atoms with E-state index in [2.05, 4.69) is 25.4 Å². The molecule has 0 aromatic heterocycles. The van der Waals surface area contributed by atoms with Crippen molar-refractivity contribution in [2.75, 3.05) is 12.8 Å². The molecule has 0 aliphatic heterocycles. The molecule has 2 nitrogen and oxygen atoms in total. The summed E-state index contributed by atoms with van der Waals surface area (Å²) in [7, 11) is 0. The number of thioether (sulfide) groups is 1. The van der Waals surface area contributed by atoms with Crippen molar-refractivity contribution in [3.05, 3.63) is 0 Å². The summed E-state index contributed by atoms with van der Waals surface area (Å²) in [5, 5.41) is 14.6. The van der Waals surface area contributed by atoms with Gasteiger partial charge in [-0.25, -0.2) is 0 Å². The van der Waals surface area contributed by atoms with Crippen molar-refractivity contribution in [1.82, 2.24) is 5.32 Å². The van der Waals surface area contributed by atoms with Crippen molar-refractivity contribution in [3.8, 4) is 0 Å². The molecule has 0 heterocycles. The lowest BCUT2D eigenvalue weighted by atomic mass is 9.92. The van der Waals surface area contributed by atoms with E-state index >= 15 is 0 Å². The number of nitrogens with one attached hydrogen (secondary N) is 1. The summed E-state index contributed by atoms with van der Waals surface area (Å²) in [6.07, 6.45) is 9.10. The molecule has 0 atom stereocenters. The van der Waals surface area contributed by atoms with Gasteiger partial charge in [-0.15, -0.1) is 0 Å². The SMILES string of the molecule is CCC(O)(CC)CNC1CCC(SC)CC1. The van der Waals surface area contributed by atoms with Crippen LogP contribution in [0.4, 0.5) is 0 Å². The minimum Gasteiger partial charge on any atom is -0.389 e. The quantitative estimate of drug-likeness (QED) is 0.755. The standard InChI is InChI=1S/C13H27NOS/c1-4-13(15,5-2)10-14-11-6-8-12(16-3)9-7-11/h11-12,14-15H,4-10H2,1-3H3. The van der Waals surface area contributed by atoms with Crippen LogP contribution in [0.15, 0.2) is 0 Å². The Hall–Kier alpha value is 0.270. The molecule has 0 radical (unpaired) electrons. The molecular formula is C13H27NOS. The van der Waals surface area contributed by atoms with Crippen molar-refractivity contribution in [3.63, 3.8) is 0 Å². The van der Waals surface area contributed by atoms with Crippen molar-refractivity contribution in [1.29, 1.82) is 0 Å². The first-order valence-corrected chi connectivity index (χ1v) is 7.91. The molecule has 96 valence electrons. The summed E-state index contributed by atoms with van der Waals surface area (Å²) in [4.78, 5) is 0. The molecule has 2 N–H and O–H groups in total. The molecule has 0 unspecified atom stereocenters. The van der Waals surface area contributed by atoms with E-state index in [0.29, 0.717) is 6.04 Å². The molecule has 0 spiro atoms. The van der Waals surface area contributed by atoms with Crippen LogP contribution in [0.1, 0.15) is 52.4 Å². The molecule has 1 saturated carbocycles. The average molecular weight is 245 g/mol. The van der Waals surface area contributed by atoms with Gasteiger partial charge in [-0.05, 0) is 44.8 Å². The third-order valence-electron chi connectivity index (χ3n) is 4.04. The molecule has 0 aromatic carbocycles. The van der Waals surface area contributed by atoms with Crippen LogP contribution in [0.5, 0.6) is 0 Å². The summed E-state index contributed by atoms with van der Waals surface area (Å²) in [5.74, 6) is 0. The third kappa shape index (κ3) is 4.27. The van der Waals surface area contributed by atoms with Crippen LogP contribution in [-0.2, 0) is 0 Å². The fourth-order valence-electron chi connectivity index (χ4n) is 2.34. The first kappa shape index (κ1) is 14.3. The Morgan fingerprint density at radius 1 is 1.19 bits per heavy atom. The predicted octanol–water partition coefficient (Wildman–Crippen LogP) is 2.80. The van der Waals surface area contributed by atoms with E-state index in [4.69, 9.17) is 0 Å². The van der Waals surface area contributed by atoms with Crippen LogP contribution in [0.3, 0.4) is 0 Å². The van der Waals surface area contributed by atoms with Gasteiger partial charge >= 0.3 is 0 Å².